The SMILES string of the molecule is COC(=O)c1cccc(S(=O)(=O)c2ccc(/C=C\c3ccc(F)cc3)cc2)c1. The highest BCUT2D eigenvalue weighted by Crippen LogP contribution is 2.23. The number of esters is 1. The van der Waals surface area contributed by atoms with Crippen molar-refractivity contribution in [2.24, 2.45) is 0 Å². The number of halogens is 1. The Morgan fingerprint density at radius 1 is 0.857 bits per heavy atom. The molecule has 0 unspecified atom stereocenters. The summed E-state index contributed by atoms with van der Waals surface area (Å²) in [5.74, 6) is -0.902. The number of methoxy groups -OCH3 is 1. The van der Waals surface area contributed by atoms with E-state index in [1.165, 1.54) is 55.6 Å². The summed E-state index contributed by atoms with van der Waals surface area (Å²) in [5.41, 5.74) is 1.80. The Morgan fingerprint density at radius 3 is 2.00 bits per heavy atom. The third-order valence-electron chi connectivity index (χ3n) is 4.09. The zero-order valence-electron chi connectivity index (χ0n) is 15.0. The lowest BCUT2D eigenvalue weighted by Gasteiger charge is -2.07. The highest BCUT2D eigenvalue weighted by atomic mass is 32.2. The normalized spacial score (nSPS) is 11.5. The van der Waals surface area contributed by atoms with Gasteiger partial charge in [0.25, 0.3) is 0 Å². The van der Waals surface area contributed by atoms with Gasteiger partial charge in [0.15, 0.2) is 0 Å². The molecule has 0 saturated heterocycles. The summed E-state index contributed by atoms with van der Waals surface area (Å²) in [6.45, 7) is 0. The molecule has 0 N–H and O–H groups in total. The molecule has 142 valence electrons. The highest BCUT2D eigenvalue weighted by molar-refractivity contribution is 7.91. The van der Waals surface area contributed by atoms with Gasteiger partial charge in [-0.1, -0.05) is 42.5 Å². The number of hydrogen-bond donors (Lipinski definition) is 0. The smallest absolute Gasteiger partial charge is 0.337 e. The monoisotopic (exact) mass is 396 g/mol. The van der Waals surface area contributed by atoms with Gasteiger partial charge in [-0.3, -0.25) is 0 Å². The van der Waals surface area contributed by atoms with E-state index >= 15 is 0 Å². The van der Waals surface area contributed by atoms with Crippen LogP contribution in [-0.2, 0) is 14.6 Å². The van der Waals surface area contributed by atoms with Crippen LogP contribution in [-0.4, -0.2) is 21.5 Å². The van der Waals surface area contributed by atoms with E-state index in [1.807, 2.05) is 12.2 Å². The second-order valence-electron chi connectivity index (χ2n) is 5.98. The van der Waals surface area contributed by atoms with Crippen LogP contribution in [0.15, 0.2) is 82.6 Å². The molecular formula is C22H17FO4S. The maximum absolute atomic E-state index is 12.9. The van der Waals surface area contributed by atoms with E-state index in [1.54, 1.807) is 24.3 Å². The van der Waals surface area contributed by atoms with Crippen LogP contribution < -0.4 is 0 Å². The van der Waals surface area contributed by atoms with Gasteiger partial charge in [-0.25, -0.2) is 17.6 Å². The fourth-order valence-electron chi connectivity index (χ4n) is 2.57. The predicted molar refractivity (Wildman–Crippen MR) is 105 cm³/mol. The summed E-state index contributed by atoms with van der Waals surface area (Å²) in [7, 11) is -2.53. The van der Waals surface area contributed by atoms with Crippen LogP contribution in [0.2, 0.25) is 0 Å². The van der Waals surface area contributed by atoms with Gasteiger partial charge in [0.05, 0.1) is 22.5 Å². The first kappa shape index (κ1) is 19.5. The van der Waals surface area contributed by atoms with E-state index in [9.17, 15) is 17.6 Å². The fraction of sp³-hybridized carbons (Fsp3) is 0.0455. The molecule has 3 aromatic carbocycles. The third kappa shape index (κ3) is 4.35. The van der Waals surface area contributed by atoms with Crippen molar-refractivity contribution in [1.82, 2.24) is 0 Å². The zero-order valence-corrected chi connectivity index (χ0v) is 15.8. The number of sulfone groups is 1. The molecule has 0 amide bonds. The number of hydrogen-bond acceptors (Lipinski definition) is 4. The van der Waals surface area contributed by atoms with Crippen LogP contribution in [0.4, 0.5) is 4.39 Å². The first-order valence-corrected chi connectivity index (χ1v) is 9.86. The molecule has 0 aliphatic rings. The van der Waals surface area contributed by atoms with E-state index in [4.69, 9.17) is 0 Å². The molecule has 4 nitrogen and oxygen atoms in total. The first-order chi connectivity index (χ1) is 13.4. The third-order valence-corrected chi connectivity index (χ3v) is 5.86. The average molecular weight is 396 g/mol. The number of carbonyl (C=O) groups excluding carboxylic acids is 1. The van der Waals surface area contributed by atoms with E-state index in [0.29, 0.717) is 0 Å². The van der Waals surface area contributed by atoms with Crippen molar-refractivity contribution in [2.75, 3.05) is 7.11 Å². The molecule has 0 radical (unpaired) electrons. The molecule has 0 heterocycles. The van der Waals surface area contributed by atoms with Crippen molar-refractivity contribution in [3.8, 4) is 0 Å². The minimum absolute atomic E-state index is 0.0185. The lowest BCUT2D eigenvalue weighted by atomic mass is 10.1. The van der Waals surface area contributed by atoms with Gasteiger partial charge < -0.3 is 4.74 Å². The first-order valence-electron chi connectivity index (χ1n) is 8.37. The van der Waals surface area contributed by atoms with Crippen molar-refractivity contribution in [2.45, 2.75) is 9.79 Å². The molecule has 3 aromatic rings. The molecule has 0 aliphatic heterocycles. The van der Waals surface area contributed by atoms with Crippen molar-refractivity contribution < 1.29 is 22.3 Å². The van der Waals surface area contributed by atoms with E-state index in [0.717, 1.165) is 11.1 Å². The highest BCUT2D eigenvalue weighted by Gasteiger charge is 2.19. The van der Waals surface area contributed by atoms with Gasteiger partial charge in [-0.15, -0.1) is 0 Å². The van der Waals surface area contributed by atoms with Crippen molar-refractivity contribution in [3.05, 3.63) is 95.3 Å². The van der Waals surface area contributed by atoms with E-state index in [-0.39, 0.29) is 21.2 Å². The van der Waals surface area contributed by atoms with Crippen LogP contribution in [0.1, 0.15) is 21.5 Å². The predicted octanol–water partition coefficient (Wildman–Crippen LogP) is 4.62. The Hall–Kier alpha value is -3.25. The fourth-order valence-corrected chi connectivity index (χ4v) is 3.87. The van der Waals surface area contributed by atoms with Crippen molar-refractivity contribution in [3.63, 3.8) is 0 Å². The summed E-state index contributed by atoms with van der Waals surface area (Å²) in [6.07, 6.45) is 3.62. The number of benzene rings is 3. The number of rotatable bonds is 5. The number of ether oxygens (including phenoxy) is 1. The average Bonchev–Trinajstić information content (AvgIpc) is 2.73. The maximum Gasteiger partial charge on any atom is 0.337 e. The largest absolute Gasteiger partial charge is 0.465 e. The molecule has 0 saturated carbocycles. The van der Waals surface area contributed by atoms with Crippen LogP contribution in [0.3, 0.4) is 0 Å². The van der Waals surface area contributed by atoms with Gasteiger partial charge in [-0.2, -0.15) is 0 Å². The van der Waals surface area contributed by atoms with Gasteiger partial charge >= 0.3 is 5.97 Å². The molecule has 0 fully saturated rings. The molecule has 28 heavy (non-hydrogen) atoms. The van der Waals surface area contributed by atoms with E-state index in [2.05, 4.69) is 4.74 Å². The molecule has 0 aromatic heterocycles. The summed E-state index contributed by atoms with van der Waals surface area (Å²) >= 11 is 0. The Labute approximate surface area is 162 Å². The minimum Gasteiger partial charge on any atom is -0.465 e. The van der Waals surface area contributed by atoms with Gasteiger partial charge in [0.2, 0.25) is 9.84 Å². The Morgan fingerprint density at radius 2 is 1.43 bits per heavy atom. The van der Waals surface area contributed by atoms with E-state index < -0.39 is 15.8 Å². The van der Waals surface area contributed by atoms with Crippen LogP contribution in [0, 0.1) is 5.82 Å². The van der Waals surface area contributed by atoms with Crippen LogP contribution in [0.25, 0.3) is 12.2 Å². The standard InChI is InChI=1S/C22H17FO4S/c1-27-22(24)18-3-2-4-21(15-18)28(25,26)20-13-9-17(10-14-20)6-5-16-7-11-19(23)12-8-16/h2-15H,1H3/b6-5-. The molecule has 0 bridgehead atoms. The quantitative estimate of drug-likeness (QED) is 0.467. The lowest BCUT2D eigenvalue weighted by Crippen LogP contribution is -2.06. The second-order valence-corrected chi connectivity index (χ2v) is 7.93. The second kappa shape index (κ2) is 8.19. The summed E-state index contributed by atoms with van der Waals surface area (Å²) in [4.78, 5) is 11.8. The molecular weight excluding hydrogens is 379 g/mol. The summed E-state index contributed by atoms with van der Waals surface area (Å²) in [6, 6.07) is 18.1. The number of carbonyl (C=O) groups is 1. The maximum atomic E-state index is 12.9. The van der Waals surface area contributed by atoms with Gasteiger partial charge in [0, 0.05) is 0 Å². The van der Waals surface area contributed by atoms with Gasteiger partial charge in [0.1, 0.15) is 5.82 Å². The Kier molecular flexibility index (Phi) is 5.70. The van der Waals surface area contributed by atoms with Crippen LogP contribution in [0.5, 0.6) is 0 Å². The molecule has 6 heteroatoms. The van der Waals surface area contributed by atoms with Crippen molar-refractivity contribution >= 4 is 28.0 Å². The van der Waals surface area contributed by atoms with Crippen molar-refractivity contribution in [1.29, 1.82) is 0 Å². The molecule has 0 spiro atoms. The topological polar surface area (TPSA) is 60.4 Å². The Bertz CT molecular complexity index is 1120. The van der Waals surface area contributed by atoms with Gasteiger partial charge in [-0.05, 0) is 53.6 Å². The summed E-state index contributed by atoms with van der Waals surface area (Å²) in [5, 5.41) is 0. The molecule has 0 aliphatic carbocycles. The molecule has 3 rings (SSSR count). The lowest BCUT2D eigenvalue weighted by molar-refractivity contribution is 0.0600. The molecule has 0 atom stereocenters. The Balaban J connectivity index is 1.84. The summed E-state index contributed by atoms with van der Waals surface area (Å²) < 4.78 is 43.2. The minimum atomic E-state index is -3.77. The van der Waals surface area contributed by atoms with Crippen LogP contribution >= 0.6 is 0 Å². The zero-order chi connectivity index (χ0) is 20.1.